The molecule has 176 valence electrons. The molecule has 0 bridgehead atoms. The first-order chi connectivity index (χ1) is 16.3. The van der Waals surface area contributed by atoms with E-state index in [4.69, 9.17) is 4.74 Å². The largest absolute Gasteiger partial charge is 0.507 e. The third-order valence-corrected chi connectivity index (χ3v) is 7.65. The zero-order chi connectivity index (χ0) is 24.3. The number of Topliss-reactive ketones (excluding diaryl/α,β-unsaturated/α-hetero) is 1. The number of rotatable bonds is 4. The van der Waals surface area contributed by atoms with Gasteiger partial charge in [0, 0.05) is 40.8 Å². The Balaban J connectivity index is 1.68. The van der Waals surface area contributed by atoms with Gasteiger partial charge in [0.1, 0.15) is 11.5 Å². The molecule has 0 unspecified atom stereocenters. The summed E-state index contributed by atoms with van der Waals surface area (Å²) in [4.78, 5) is 54.2. The van der Waals surface area contributed by atoms with E-state index < -0.39 is 17.8 Å². The van der Waals surface area contributed by atoms with E-state index in [0.717, 1.165) is 5.57 Å². The standard InChI is InChI=1S/C27H27NO6/c1-4-9-28-26(32)17-8-7-15-18(23(17)27(28)33)12-19-20(29)10-13(2)25(31)24(19)22(15)16-6-5-14(34-3)11-21(16)30/h5-7,10-11,17-18,22-23,30H,4,8-9,12H2,1-3H3/t17-,18+,22+,23-/m0/s1. The predicted octanol–water partition coefficient (Wildman–Crippen LogP) is 3.24. The summed E-state index contributed by atoms with van der Waals surface area (Å²) in [6.45, 7) is 3.92. The second-order valence-corrected chi connectivity index (χ2v) is 9.48. The molecular weight excluding hydrogens is 434 g/mol. The van der Waals surface area contributed by atoms with Gasteiger partial charge in [0.05, 0.1) is 18.9 Å². The smallest absolute Gasteiger partial charge is 0.233 e. The van der Waals surface area contributed by atoms with Gasteiger partial charge in [-0.25, -0.2) is 0 Å². The van der Waals surface area contributed by atoms with E-state index in [0.29, 0.717) is 47.4 Å². The number of phenolic OH excluding ortho intramolecular Hbond substituents is 1. The molecule has 4 atom stereocenters. The number of aromatic hydroxyl groups is 1. The number of hydrogen-bond donors (Lipinski definition) is 1. The minimum Gasteiger partial charge on any atom is -0.507 e. The normalized spacial score (nSPS) is 28.4. The number of ether oxygens (including phenoxy) is 1. The lowest BCUT2D eigenvalue weighted by atomic mass is 9.59. The van der Waals surface area contributed by atoms with Crippen LogP contribution >= 0.6 is 0 Å². The van der Waals surface area contributed by atoms with Crippen LogP contribution in [0.2, 0.25) is 0 Å². The highest BCUT2D eigenvalue weighted by Crippen LogP contribution is 2.56. The Labute approximate surface area is 197 Å². The first kappa shape index (κ1) is 22.3. The maximum Gasteiger partial charge on any atom is 0.233 e. The van der Waals surface area contributed by atoms with Crippen molar-refractivity contribution in [1.82, 2.24) is 4.90 Å². The quantitative estimate of drug-likeness (QED) is 0.420. The molecule has 1 N–H and O–H groups in total. The van der Waals surface area contributed by atoms with Crippen LogP contribution in [0.3, 0.4) is 0 Å². The van der Waals surface area contributed by atoms with Gasteiger partial charge in [-0.2, -0.15) is 0 Å². The van der Waals surface area contributed by atoms with Crippen molar-refractivity contribution in [3.8, 4) is 11.5 Å². The SMILES string of the molecule is CCCN1C(=O)[C@H]2[C@H](CC=C3[C@H](c4ccc(OC)cc4O)C4=C(C[C@H]32)C(=O)C=C(C)C4=O)C1=O. The van der Waals surface area contributed by atoms with E-state index in [9.17, 15) is 24.3 Å². The van der Waals surface area contributed by atoms with E-state index in [1.54, 1.807) is 19.1 Å². The van der Waals surface area contributed by atoms with Crippen LogP contribution in [0, 0.1) is 17.8 Å². The van der Waals surface area contributed by atoms with Crippen molar-refractivity contribution >= 4 is 23.4 Å². The van der Waals surface area contributed by atoms with E-state index >= 15 is 0 Å². The van der Waals surface area contributed by atoms with Crippen LogP contribution in [0.4, 0.5) is 0 Å². The molecular formula is C27H27NO6. The van der Waals surface area contributed by atoms with Crippen LogP contribution < -0.4 is 4.74 Å². The van der Waals surface area contributed by atoms with Crippen LogP contribution in [0.5, 0.6) is 11.5 Å². The molecule has 1 aromatic carbocycles. The van der Waals surface area contributed by atoms with Crippen LogP contribution in [0.15, 0.2) is 52.6 Å². The summed E-state index contributed by atoms with van der Waals surface area (Å²) in [6, 6.07) is 4.89. The lowest BCUT2D eigenvalue weighted by Crippen LogP contribution is -2.39. The van der Waals surface area contributed by atoms with Gasteiger partial charge in [-0.05, 0) is 44.2 Å². The first-order valence-corrected chi connectivity index (χ1v) is 11.7. The maximum atomic E-state index is 13.4. The molecule has 5 rings (SSSR count). The molecule has 1 fully saturated rings. The number of likely N-dealkylation sites (tertiary alicyclic amines) is 1. The number of amides is 2. The minimum absolute atomic E-state index is 0.0474. The number of nitrogens with zero attached hydrogens (tertiary/aromatic N) is 1. The zero-order valence-electron chi connectivity index (χ0n) is 19.5. The molecule has 2 amide bonds. The summed E-state index contributed by atoms with van der Waals surface area (Å²) in [5, 5.41) is 10.9. The molecule has 34 heavy (non-hydrogen) atoms. The van der Waals surface area contributed by atoms with Crippen molar-refractivity contribution < 1.29 is 29.0 Å². The fraction of sp³-hybridized carbons (Fsp3) is 0.407. The molecule has 0 aromatic heterocycles. The zero-order valence-corrected chi connectivity index (χ0v) is 19.5. The number of allylic oxidation sites excluding steroid dienone is 6. The van der Waals surface area contributed by atoms with E-state index in [1.807, 2.05) is 13.0 Å². The number of imide groups is 1. The second-order valence-electron chi connectivity index (χ2n) is 9.48. The van der Waals surface area contributed by atoms with Crippen molar-refractivity contribution in [3.05, 3.63) is 58.2 Å². The van der Waals surface area contributed by atoms with Gasteiger partial charge >= 0.3 is 0 Å². The third-order valence-electron chi connectivity index (χ3n) is 7.65. The fourth-order valence-electron chi connectivity index (χ4n) is 6.12. The fourth-order valence-corrected chi connectivity index (χ4v) is 6.12. The Morgan fingerprint density at radius 1 is 1.12 bits per heavy atom. The topological polar surface area (TPSA) is 101 Å². The second kappa shape index (κ2) is 8.08. The Kier molecular flexibility index (Phi) is 5.30. The highest BCUT2D eigenvalue weighted by molar-refractivity contribution is 6.24. The number of ketones is 2. The molecule has 3 aliphatic carbocycles. The number of carbonyl (C=O) groups is 4. The van der Waals surface area contributed by atoms with Gasteiger partial charge in [0.25, 0.3) is 0 Å². The summed E-state index contributed by atoms with van der Waals surface area (Å²) in [6.07, 6.45) is 4.62. The molecule has 4 aliphatic rings. The number of hydrogen-bond acceptors (Lipinski definition) is 6. The van der Waals surface area contributed by atoms with Crippen molar-refractivity contribution in [2.45, 2.75) is 39.0 Å². The molecule has 0 radical (unpaired) electrons. The van der Waals surface area contributed by atoms with Gasteiger partial charge in [-0.3, -0.25) is 24.1 Å². The lowest BCUT2D eigenvalue weighted by molar-refractivity contribution is -0.140. The Morgan fingerprint density at radius 2 is 1.88 bits per heavy atom. The number of benzene rings is 1. The maximum absolute atomic E-state index is 13.4. The highest BCUT2D eigenvalue weighted by atomic mass is 16.5. The number of carbonyl (C=O) groups excluding carboxylic acids is 4. The summed E-state index contributed by atoms with van der Waals surface area (Å²) in [7, 11) is 1.50. The predicted molar refractivity (Wildman–Crippen MR) is 123 cm³/mol. The summed E-state index contributed by atoms with van der Waals surface area (Å²) < 4.78 is 5.22. The Bertz CT molecular complexity index is 1240. The number of methoxy groups -OCH3 is 1. The van der Waals surface area contributed by atoms with Gasteiger partial charge < -0.3 is 9.84 Å². The Hall–Kier alpha value is -3.48. The summed E-state index contributed by atoms with van der Waals surface area (Å²) in [5.74, 6) is -2.46. The molecule has 7 heteroatoms. The minimum atomic E-state index is -0.663. The molecule has 1 aliphatic heterocycles. The average Bonchev–Trinajstić information content (AvgIpc) is 3.06. The van der Waals surface area contributed by atoms with Gasteiger partial charge in [-0.1, -0.05) is 24.6 Å². The lowest BCUT2D eigenvalue weighted by Gasteiger charge is -2.42. The monoisotopic (exact) mass is 461 g/mol. The summed E-state index contributed by atoms with van der Waals surface area (Å²) >= 11 is 0. The summed E-state index contributed by atoms with van der Waals surface area (Å²) in [5.41, 5.74) is 2.42. The van der Waals surface area contributed by atoms with Crippen LogP contribution in [0.25, 0.3) is 0 Å². The van der Waals surface area contributed by atoms with Gasteiger partial charge in [0.2, 0.25) is 11.8 Å². The molecule has 1 saturated heterocycles. The van der Waals surface area contributed by atoms with E-state index in [1.165, 1.54) is 24.2 Å². The molecule has 1 aromatic rings. The van der Waals surface area contributed by atoms with Crippen LogP contribution in [-0.2, 0) is 19.2 Å². The Morgan fingerprint density at radius 3 is 2.56 bits per heavy atom. The van der Waals surface area contributed by atoms with Crippen molar-refractivity contribution in [3.63, 3.8) is 0 Å². The van der Waals surface area contributed by atoms with Crippen molar-refractivity contribution in [2.24, 2.45) is 17.8 Å². The molecule has 7 nitrogen and oxygen atoms in total. The van der Waals surface area contributed by atoms with Gasteiger partial charge in [-0.15, -0.1) is 0 Å². The van der Waals surface area contributed by atoms with Crippen LogP contribution in [0.1, 0.15) is 44.6 Å². The van der Waals surface area contributed by atoms with Crippen molar-refractivity contribution in [1.29, 1.82) is 0 Å². The molecule has 0 saturated carbocycles. The molecule has 0 spiro atoms. The van der Waals surface area contributed by atoms with E-state index in [2.05, 4.69) is 0 Å². The van der Waals surface area contributed by atoms with E-state index in [-0.39, 0.29) is 41.5 Å². The number of fused-ring (bicyclic) bond motifs is 3. The highest BCUT2D eigenvalue weighted by Gasteiger charge is 2.56. The van der Waals surface area contributed by atoms with Crippen LogP contribution in [-0.4, -0.2) is 47.0 Å². The first-order valence-electron chi connectivity index (χ1n) is 11.7. The van der Waals surface area contributed by atoms with Crippen molar-refractivity contribution in [2.75, 3.05) is 13.7 Å². The number of phenols is 1. The molecule has 1 heterocycles. The van der Waals surface area contributed by atoms with Gasteiger partial charge in [0.15, 0.2) is 11.6 Å². The third kappa shape index (κ3) is 3.10. The average molecular weight is 462 g/mol.